The molecule has 2 aliphatic rings. The lowest BCUT2D eigenvalue weighted by Gasteiger charge is -2.35. The lowest BCUT2D eigenvalue weighted by Crippen LogP contribution is -2.53. The van der Waals surface area contributed by atoms with E-state index in [-0.39, 0.29) is 6.03 Å². The molecule has 1 N–H and O–H groups in total. The second-order valence-corrected chi connectivity index (χ2v) is 6.77. The average Bonchev–Trinajstić information content (AvgIpc) is 3.01. The lowest BCUT2D eigenvalue weighted by atomic mass is 10.1. The van der Waals surface area contributed by atoms with Crippen molar-refractivity contribution in [2.45, 2.75) is 19.0 Å². The van der Waals surface area contributed by atoms with Crippen LogP contribution in [0.5, 0.6) is 5.75 Å². The van der Waals surface area contributed by atoms with Crippen molar-refractivity contribution in [3.63, 3.8) is 0 Å². The van der Waals surface area contributed by atoms with Crippen molar-refractivity contribution in [2.24, 2.45) is 0 Å². The highest BCUT2D eigenvalue weighted by atomic mass is 16.5. The van der Waals surface area contributed by atoms with E-state index in [1.807, 2.05) is 23.1 Å². The van der Waals surface area contributed by atoms with E-state index in [0.717, 1.165) is 58.0 Å². The highest BCUT2D eigenvalue weighted by Crippen LogP contribution is 2.20. The predicted molar refractivity (Wildman–Crippen MR) is 94.3 cm³/mol. The molecule has 2 amide bonds. The topological polar surface area (TPSA) is 48.1 Å². The Labute approximate surface area is 144 Å². The van der Waals surface area contributed by atoms with E-state index in [2.05, 4.69) is 28.2 Å². The minimum Gasteiger partial charge on any atom is -0.496 e. The molecule has 0 aliphatic carbocycles. The Balaban J connectivity index is 1.46. The third-order valence-corrected chi connectivity index (χ3v) is 4.96. The van der Waals surface area contributed by atoms with Gasteiger partial charge in [-0.05, 0) is 26.1 Å². The number of para-hydroxylation sites is 1. The first kappa shape index (κ1) is 17.0. The Bertz CT molecular complexity index is 558. The van der Waals surface area contributed by atoms with E-state index in [1.54, 1.807) is 7.11 Å². The van der Waals surface area contributed by atoms with Gasteiger partial charge in [0, 0.05) is 50.9 Å². The van der Waals surface area contributed by atoms with Gasteiger partial charge in [0.1, 0.15) is 5.75 Å². The summed E-state index contributed by atoms with van der Waals surface area (Å²) in [4.78, 5) is 19.0. The number of benzene rings is 1. The Hall–Kier alpha value is -1.79. The quantitative estimate of drug-likeness (QED) is 0.901. The third kappa shape index (κ3) is 4.19. The lowest BCUT2D eigenvalue weighted by molar-refractivity contribution is 0.132. The van der Waals surface area contributed by atoms with Crippen molar-refractivity contribution >= 4 is 6.03 Å². The molecule has 3 rings (SSSR count). The first-order valence-corrected chi connectivity index (χ1v) is 8.74. The van der Waals surface area contributed by atoms with Gasteiger partial charge in [-0.15, -0.1) is 0 Å². The molecular formula is C18H28N4O2. The fraction of sp³-hybridized carbons (Fsp3) is 0.611. The second kappa shape index (κ2) is 7.85. The van der Waals surface area contributed by atoms with Crippen LogP contribution in [0.25, 0.3) is 0 Å². The van der Waals surface area contributed by atoms with Gasteiger partial charge >= 0.3 is 6.03 Å². The van der Waals surface area contributed by atoms with Crippen LogP contribution in [-0.4, -0.2) is 80.2 Å². The van der Waals surface area contributed by atoms with Gasteiger partial charge in [0.05, 0.1) is 7.11 Å². The van der Waals surface area contributed by atoms with Crippen LogP contribution in [0.1, 0.15) is 12.0 Å². The van der Waals surface area contributed by atoms with Crippen LogP contribution in [0.3, 0.4) is 0 Å². The number of nitrogens with zero attached hydrogens (tertiary/aromatic N) is 3. The molecule has 1 atom stereocenters. The van der Waals surface area contributed by atoms with Crippen molar-refractivity contribution in [3.8, 4) is 5.75 Å². The molecule has 1 aromatic carbocycles. The Morgan fingerprint density at radius 2 is 1.96 bits per heavy atom. The molecule has 0 radical (unpaired) electrons. The maximum absolute atomic E-state index is 12.4. The van der Waals surface area contributed by atoms with Crippen LogP contribution in [-0.2, 0) is 6.54 Å². The summed E-state index contributed by atoms with van der Waals surface area (Å²) >= 11 is 0. The number of rotatable bonds is 4. The molecule has 6 nitrogen and oxygen atoms in total. The minimum absolute atomic E-state index is 0.0900. The molecule has 2 aliphatic heterocycles. The summed E-state index contributed by atoms with van der Waals surface area (Å²) in [6, 6.07) is 8.53. The predicted octanol–water partition coefficient (Wildman–Crippen LogP) is 1.23. The first-order valence-electron chi connectivity index (χ1n) is 8.74. The van der Waals surface area contributed by atoms with E-state index in [9.17, 15) is 4.79 Å². The molecule has 2 heterocycles. The largest absolute Gasteiger partial charge is 0.496 e. The number of carbonyl (C=O) groups is 1. The molecular weight excluding hydrogens is 304 g/mol. The first-order chi connectivity index (χ1) is 11.7. The number of carbonyl (C=O) groups excluding carboxylic acids is 1. The Kier molecular flexibility index (Phi) is 5.58. The number of hydrogen-bond donors (Lipinski definition) is 1. The summed E-state index contributed by atoms with van der Waals surface area (Å²) in [7, 11) is 3.81. The summed E-state index contributed by atoms with van der Waals surface area (Å²) in [6.45, 7) is 6.25. The van der Waals surface area contributed by atoms with Crippen LogP contribution in [0.2, 0.25) is 0 Å². The standard InChI is InChI=1S/C18H28N4O2/c1-20-8-7-16(14-20)19-18(23)22-11-9-21(10-12-22)13-15-5-3-4-6-17(15)24-2/h3-6,16H,7-14H2,1-2H3,(H,19,23)/t16-/m0/s1. The smallest absolute Gasteiger partial charge is 0.317 e. The van der Waals surface area contributed by atoms with Crippen LogP contribution < -0.4 is 10.1 Å². The number of nitrogens with one attached hydrogen (secondary N) is 1. The highest BCUT2D eigenvalue weighted by Gasteiger charge is 2.26. The van der Waals surface area contributed by atoms with Gasteiger partial charge in [-0.2, -0.15) is 0 Å². The van der Waals surface area contributed by atoms with Gasteiger partial charge < -0.3 is 19.9 Å². The van der Waals surface area contributed by atoms with Gasteiger partial charge in [-0.1, -0.05) is 18.2 Å². The molecule has 0 saturated carbocycles. The van der Waals surface area contributed by atoms with Gasteiger partial charge in [-0.3, -0.25) is 4.90 Å². The summed E-state index contributed by atoms with van der Waals surface area (Å²) in [6.07, 6.45) is 1.05. The van der Waals surface area contributed by atoms with Crippen molar-refractivity contribution in [3.05, 3.63) is 29.8 Å². The van der Waals surface area contributed by atoms with Crippen LogP contribution in [0, 0.1) is 0 Å². The van der Waals surface area contributed by atoms with Crippen LogP contribution >= 0.6 is 0 Å². The maximum Gasteiger partial charge on any atom is 0.317 e. The molecule has 1 aromatic rings. The summed E-state index contributed by atoms with van der Waals surface area (Å²) < 4.78 is 5.42. The zero-order chi connectivity index (χ0) is 16.9. The van der Waals surface area contributed by atoms with E-state index in [4.69, 9.17) is 4.74 Å². The van der Waals surface area contributed by atoms with E-state index in [1.165, 1.54) is 5.56 Å². The molecule has 6 heteroatoms. The molecule has 2 fully saturated rings. The Morgan fingerprint density at radius 1 is 1.21 bits per heavy atom. The monoisotopic (exact) mass is 332 g/mol. The van der Waals surface area contributed by atoms with Gasteiger partial charge in [-0.25, -0.2) is 4.79 Å². The number of urea groups is 1. The van der Waals surface area contributed by atoms with Gasteiger partial charge in [0.2, 0.25) is 0 Å². The number of hydrogen-bond acceptors (Lipinski definition) is 4. The zero-order valence-corrected chi connectivity index (χ0v) is 14.7. The zero-order valence-electron chi connectivity index (χ0n) is 14.7. The maximum atomic E-state index is 12.4. The Morgan fingerprint density at radius 3 is 2.62 bits per heavy atom. The molecule has 0 unspecified atom stereocenters. The molecule has 132 valence electrons. The number of piperazine rings is 1. The molecule has 24 heavy (non-hydrogen) atoms. The molecule has 0 spiro atoms. The van der Waals surface area contributed by atoms with Crippen LogP contribution in [0.4, 0.5) is 4.79 Å². The number of amides is 2. The number of ether oxygens (including phenoxy) is 1. The number of likely N-dealkylation sites (tertiary alicyclic amines) is 1. The fourth-order valence-electron chi connectivity index (χ4n) is 3.50. The summed E-state index contributed by atoms with van der Waals surface area (Å²) in [5.41, 5.74) is 1.20. The molecule has 2 saturated heterocycles. The fourth-order valence-corrected chi connectivity index (χ4v) is 3.50. The van der Waals surface area contributed by atoms with E-state index < -0.39 is 0 Å². The van der Waals surface area contributed by atoms with Crippen molar-refractivity contribution in [1.82, 2.24) is 20.0 Å². The van der Waals surface area contributed by atoms with Crippen LogP contribution in [0.15, 0.2) is 24.3 Å². The normalized spacial score (nSPS) is 22.6. The summed E-state index contributed by atoms with van der Waals surface area (Å²) in [5, 5.41) is 3.17. The highest BCUT2D eigenvalue weighted by molar-refractivity contribution is 5.74. The third-order valence-electron chi connectivity index (χ3n) is 4.96. The summed E-state index contributed by atoms with van der Waals surface area (Å²) in [5.74, 6) is 0.933. The van der Waals surface area contributed by atoms with E-state index in [0.29, 0.717) is 6.04 Å². The van der Waals surface area contributed by atoms with Gasteiger partial charge in [0.15, 0.2) is 0 Å². The van der Waals surface area contributed by atoms with Crippen molar-refractivity contribution in [1.29, 1.82) is 0 Å². The van der Waals surface area contributed by atoms with E-state index >= 15 is 0 Å². The SMILES string of the molecule is COc1ccccc1CN1CCN(C(=O)N[C@H]2CCN(C)C2)CC1. The minimum atomic E-state index is 0.0900. The molecule has 0 aromatic heterocycles. The number of methoxy groups -OCH3 is 1. The molecule has 0 bridgehead atoms. The van der Waals surface area contributed by atoms with Gasteiger partial charge in [0.25, 0.3) is 0 Å². The average molecular weight is 332 g/mol. The van der Waals surface area contributed by atoms with Crippen molar-refractivity contribution in [2.75, 3.05) is 53.4 Å². The number of likely N-dealkylation sites (N-methyl/N-ethyl adjacent to an activating group) is 1. The second-order valence-electron chi connectivity index (χ2n) is 6.77. The van der Waals surface area contributed by atoms with Crippen molar-refractivity contribution < 1.29 is 9.53 Å².